The number of hydrogen-bond acceptors (Lipinski definition) is 4. The molecule has 1 heterocycles. The topological polar surface area (TPSA) is 80.0 Å². The highest BCUT2D eigenvalue weighted by atomic mass is 16.3. The van der Waals surface area contributed by atoms with Crippen molar-refractivity contribution >= 4 is 11.6 Å². The van der Waals surface area contributed by atoms with Gasteiger partial charge in [0.1, 0.15) is 12.7 Å². The molecule has 6 heteroatoms. The molecule has 0 atom stereocenters. The van der Waals surface area contributed by atoms with Gasteiger partial charge in [-0.15, -0.1) is 10.2 Å². The second-order valence-corrected chi connectivity index (χ2v) is 5.93. The number of carbonyl (C=O) groups is 1. The van der Waals surface area contributed by atoms with Crippen LogP contribution in [-0.2, 0) is 4.79 Å². The van der Waals surface area contributed by atoms with Crippen LogP contribution in [0.5, 0.6) is 0 Å². The molecule has 1 aliphatic rings. The molecule has 3 rings (SSSR count). The third-order valence-corrected chi connectivity index (χ3v) is 4.12. The Morgan fingerprint density at radius 2 is 1.95 bits per heavy atom. The van der Waals surface area contributed by atoms with Crippen LogP contribution in [0.4, 0.5) is 5.69 Å². The van der Waals surface area contributed by atoms with Crippen molar-refractivity contribution < 1.29 is 9.90 Å². The van der Waals surface area contributed by atoms with Crippen molar-refractivity contribution in [3.05, 3.63) is 36.9 Å². The van der Waals surface area contributed by atoms with Gasteiger partial charge in [-0.25, -0.2) is 0 Å². The normalized spacial score (nSPS) is 17.1. The molecular formula is C16H20N4O2. The van der Waals surface area contributed by atoms with Crippen molar-refractivity contribution in [1.29, 1.82) is 0 Å². The van der Waals surface area contributed by atoms with Crippen LogP contribution in [0.3, 0.4) is 0 Å². The van der Waals surface area contributed by atoms with Crippen molar-refractivity contribution in [2.75, 3.05) is 5.32 Å². The lowest BCUT2D eigenvalue weighted by Gasteiger charge is -2.31. The summed E-state index contributed by atoms with van der Waals surface area (Å²) in [6, 6.07) is 7.46. The largest absolute Gasteiger partial charge is 0.389 e. The first-order chi connectivity index (χ1) is 10.6. The summed E-state index contributed by atoms with van der Waals surface area (Å²) in [4.78, 5) is 12.2. The average molecular weight is 300 g/mol. The van der Waals surface area contributed by atoms with Gasteiger partial charge in [0.2, 0.25) is 5.91 Å². The van der Waals surface area contributed by atoms with Crippen LogP contribution in [-0.4, -0.2) is 31.4 Å². The third kappa shape index (κ3) is 3.51. The van der Waals surface area contributed by atoms with Crippen molar-refractivity contribution in [3.8, 4) is 5.69 Å². The smallest absolute Gasteiger partial charge is 0.227 e. The van der Waals surface area contributed by atoms with E-state index in [1.807, 2.05) is 24.3 Å². The molecule has 1 amide bonds. The Labute approximate surface area is 129 Å². The monoisotopic (exact) mass is 300 g/mol. The van der Waals surface area contributed by atoms with E-state index < -0.39 is 5.60 Å². The van der Waals surface area contributed by atoms with Gasteiger partial charge < -0.3 is 10.4 Å². The SMILES string of the molecule is O=C(CC1(O)CCCCC1)Nc1cccc(-n2cnnc2)c1. The summed E-state index contributed by atoms with van der Waals surface area (Å²) in [5, 5.41) is 20.8. The summed E-state index contributed by atoms with van der Waals surface area (Å²) in [5.74, 6) is -0.148. The minimum Gasteiger partial charge on any atom is -0.389 e. The number of rotatable bonds is 4. The number of nitrogens with one attached hydrogen (secondary N) is 1. The first-order valence-corrected chi connectivity index (χ1v) is 7.62. The molecule has 116 valence electrons. The zero-order valence-corrected chi connectivity index (χ0v) is 12.4. The Bertz CT molecular complexity index is 633. The molecule has 1 aliphatic carbocycles. The van der Waals surface area contributed by atoms with Crippen LogP contribution in [0.25, 0.3) is 5.69 Å². The predicted molar refractivity (Wildman–Crippen MR) is 82.6 cm³/mol. The summed E-state index contributed by atoms with van der Waals surface area (Å²) in [7, 11) is 0. The summed E-state index contributed by atoms with van der Waals surface area (Å²) < 4.78 is 1.77. The van der Waals surface area contributed by atoms with Gasteiger partial charge in [0.15, 0.2) is 0 Å². The zero-order chi connectivity index (χ0) is 15.4. The highest BCUT2D eigenvalue weighted by molar-refractivity contribution is 5.91. The van der Waals surface area contributed by atoms with E-state index in [2.05, 4.69) is 15.5 Å². The van der Waals surface area contributed by atoms with E-state index in [-0.39, 0.29) is 12.3 Å². The molecule has 0 radical (unpaired) electrons. The average Bonchev–Trinajstić information content (AvgIpc) is 3.01. The quantitative estimate of drug-likeness (QED) is 0.908. The molecule has 2 aromatic rings. The molecule has 1 saturated carbocycles. The number of benzene rings is 1. The molecule has 1 fully saturated rings. The van der Waals surface area contributed by atoms with Crippen LogP contribution < -0.4 is 5.32 Å². The van der Waals surface area contributed by atoms with Gasteiger partial charge in [0.25, 0.3) is 0 Å². The Kier molecular flexibility index (Phi) is 4.20. The van der Waals surface area contributed by atoms with Crippen LogP contribution in [0.1, 0.15) is 38.5 Å². The number of aromatic nitrogens is 3. The number of amides is 1. The van der Waals surface area contributed by atoms with Crippen LogP contribution >= 0.6 is 0 Å². The highest BCUT2D eigenvalue weighted by Gasteiger charge is 2.31. The molecule has 0 bridgehead atoms. The number of anilines is 1. The molecule has 1 aromatic carbocycles. The first kappa shape index (κ1) is 14.7. The van der Waals surface area contributed by atoms with E-state index in [1.54, 1.807) is 17.2 Å². The van der Waals surface area contributed by atoms with E-state index in [0.29, 0.717) is 18.5 Å². The highest BCUT2D eigenvalue weighted by Crippen LogP contribution is 2.31. The summed E-state index contributed by atoms with van der Waals surface area (Å²) in [5.41, 5.74) is 0.739. The maximum atomic E-state index is 12.2. The maximum Gasteiger partial charge on any atom is 0.227 e. The van der Waals surface area contributed by atoms with Gasteiger partial charge in [-0.05, 0) is 31.0 Å². The Morgan fingerprint density at radius 1 is 1.23 bits per heavy atom. The minimum absolute atomic E-state index is 0.148. The lowest BCUT2D eigenvalue weighted by Crippen LogP contribution is -2.35. The van der Waals surface area contributed by atoms with E-state index in [4.69, 9.17) is 0 Å². The second-order valence-electron chi connectivity index (χ2n) is 5.93. The van der Waals surface area contributed by atoms with Gasteiger partial charge in [0, 0.05) is 5.69 Å². The van der Waals surface area contributed by atoms with Gasteiger partial charge in [-0.2, -0.15) is 0 Å². The number of hydrogen-bond donors (Lipinski definition) is 2. The molecule has 0 saturated heterocycles. The fourth-order valence-corrected chi connectivity index (χ4v) is 2.97. The standard InChI is InChI=1S/C16H20N4O2/c21-15(10-16(22)7-2-1-3-8-16)19-13-5-4-6-14(9-13)20-11-17-18-12-20/h4-6,9,11-12,22H,1-3,7-8,10H2,(H,19,21). The van der Waals surface area contributed by atoms with Gasteiger partial charge in [-0.1, -0.05) is 25.3 Å². The molecule has 2 N–H and O–H groups in total. The second kappa shape index (κ2) is 6.27. The van der Waals surface area contributed by atoms with Gasteiger partial charge in [-0.3, -0.25) is 9.36 Å². The number of aliphatic hydroxyl groups is 1. The van der Waals surface area contributed by atoms with Crippen molar-refractivity contribution in [1.82, 2.24) is 14.8 Å². The third-order valence-electron chi connectivity index (χ3n) is 4.12. The maximum absolute atomic E-state index is 12.2. The fourth-order valence-electron chi connectivity index (χ4n) is 2.97. The van der Waals surface area contributed by atoms with E-state index in [1.165, 1.54) is 0 Å². The first-order valence-electron chi connectivity index (χ1n) is 7.62. The summed E-state index contributed by atoms with van der Waals surface area (Å²) in [6.45, 7) is 0. The molecule has 0 unspecified atom stereocenters. The van der Waals surface area contributed by atoms with Crippen LogP contribution in [0.2, 0.25) is 0 Å². The molecule has 1 aromatic heterocycles. The number of carbonyl (C=O) groups excluding carboxylic acids is 1. The van der Waals surface area contributed by atoms with Crippen molar-refractivity contribution in [2.45, 2.75) is 44.1 Å². The lowest BCUT2D eigenvalue weighted by molar-refractivity contribution is -0.122. The van der Waals surface area contributed by atoms with Crippen LogP contribution in [0, 0.1) is 0 Å². The molecular weight excluding hydrogens is 280 g/mol. The predicted octanol–water partition coefficient (Wildman–Crippen LogP) is 2.29. The van der Waals surface area contributed by atoms with Crippen molar-refractivity contribution in [2.24, 2.45) is 0 Å². The summed E-state index contributed by atoms with van der Waals surface area (Å²) >= 11 is 0. The van der Waals surface area contributed by atoms with E-state index >= 15 is 0 Å². The Balaban J connectivity index is 1.65. The van der Waals surface area contributed by atoms with Crippen molar-refractivity contribution in [3.63, 3.8) is 0 Å². The molecule has 22 heavy (non-hydrogen) atoms. The Morgan fingerprint density at radius 3 is 2.68 bits per heavy atom. The minimum atomic E-state index is -0.839. The summed E-state index contributed by atoms with van der Waals surface area (Å²) in [6.07, 6.45) is 7.91. The van der Waals surface area contributed by atoms with E-state index in [9.17, 15) is 9.90 Å². The number of nitrogens with zero attached hydrogens (tertiary/aromatic N) is 3. The molecule has 0 aliphatic heterocycles. The zero-order valence-electron chi connectivity index (χ0n) is 12.4. The van der Waals surface area contributed by atoms with Gasteiger partial charge >= 0.3 is 0 Å². The van der Waals surface area contributed by atoms with Crippen LogP contribution in [0.15, 0.2) is 36.9 Å². The lowest BCUT2D eigenvalue weighted by atomic mass is 9.82. The fraction of sp³-hybridized carbons (Fsp3) is 0.438. The van der Waals surface area contributed by atoms with Gasteiger partial charge in [0.05, 0.1) is 17.7 Å². The molecule has 6 nitrogen and oxygen atoms in total. The Hall–Kier alpha value is -2.21. The van der Waals surface area contributed by atoms with E-state index in [0.717, 1.165) is 24.9 Å². The molecule has 0 spiro atoms.